The van der Waals surface area contributed by atoms with Crippen molar-refractivity contribution in [3.8, 4) is 0 Å². The van der Waals surface area contributed by atoms with E-state index in [0.717, 1.165) is 0 Å². The minimum absolute atomic E-state index is 0.0308. The van der Waals surface area contributed by atoms with Crippen molar-refractivity contribution in [2.75, 3.05) is 26.7 Å². The van der Waals surface area contributed by atoms with E-state index in [9.17, 15) is 20.1 Å². The number of guanidine groups is 1. The SMILES string of the molecule is CN(CC(=O)N1CC(O)[C@@H](O)CC1CO)C(=N)N. The zero-order chi connectivity index (χ0) is 13.9. The van der Waals surface area contributed by atoms with E-state index >= 15 is 0 Å². The fourth-order valence-corrected chi connectivity index (χ4v) is 1.89. The number of likely N-dealkylation sites (tertiary alicyclic amines) is 1. The zero-order valence-electron chi connectivity index (χ0n) is 10.3. The van der Waals surface area contributed by atoms with Gasteiger partial charge in [0.05, 0.1) is 31.4 Å². The van der Waals surface area contributed by atoms with Gasteiger partial charge in [0.15, 0.2) is 5.96 Å². The fraction of sp³-hybridized carbons (Fsp3) is 0.800. The first-order chi connectivity index (χ1) is 8.36. The van der Waals surface area contributed by atoms with Crippen molar-refractivity contribution >= 4 is 11.9 Å². The lowest BCUT2D eigenvalue weighted by Gasteiger charge is -2.40. The van der Waals surface area contributed by atoms with E-state index in [1.807, 2.05) is 0 Å². The second kappa shape index (κ2) is 5.98. The molecule has 1 saturated heterocycles. The van der Waals surface area contributed by atoms with E-state index in [0.29, 0.717) is 0 Å². The molecule has 104 valence electrons. The normalized spacial score (nSPS) is 28.0. The van der Waals surface area contributed by atoms with Crippen LogP contribution >= 0.6 is 0 Å². The number of piperidine rings is 1. The summed E-state index contributed by atoms with van der Waals surface area (Å²) in [5.74, 6) is -0.584. The number of nitrogens with one attached hydrogen (secondary N) is 1. The van der Waals surface area contributed by atoms with Crippen LogP contribution in [0.1, 0.15) is 6.42 Å². The predicted octanol–water partition coefficient (Wildman–Crippen LogP) is -2.87. The quantitative estimate of drug-likeness (QED) is 0.273. The molecule has 0 aliphatic carbocycles. The number of nitrogens with two attached hydrogens (primary N) is 1. The Morgan fingerprint density at radius 1 is 1.50 bits per heavy atom. The maximum absolute atomic E-state index is 12.0. The number of rotatable bonds is 3. The van der Waals surface area contributed by atoms with Crippen molar-refractivity contribution in [3.05, 3.63) is 0 Å². The van der Waals surface area contributed by atoms with Crippen LogP contribution in [0.3, 0.4) is 0 Å². The highest BCUT2D eigenvalue weighted by molar-refractivity contribution is 5.84. The van der Waals surface area contributed by atoms with Crippen LogP contribution in [0.2, 0.25) is 0 Å². The number of likely N-dealkylation sites (N-methyl/N-ethyl adjacent to an activating group) is 1. The molecule has 0 spiro atoms. The Morgan fingerprint density at radius 2 is 2.11 bits per heavy atom. The highest BCUT2D eigenvalue weighted by Crippen LogP contribution is 2.18. The van der Waals surface area contributed by atoms with Gasteiger partial charge in [0.25, 0.3) is 0 Å². The van der Waals surface area contributed by atoms with Gasteiger partial charge in [0.2, 0.25) is 5.91 Å². The van der Waals surface area contributed by atoms with Gasteiger partial charge in [0.1, 0.15) is 0 Å². The Bertz CT molecular complexity index is 325. The first kappa shape index (κ1) is 14.7. The number of hydrogen-bond acceptors (Lipinski definition) is 5. The van der Waals surface area contributed by atoms with Crippen LogP contribution in [-0.2, 0) is 4.79 Å². The van der Waals surface area contributed by atoms with E-state index in [1.165, 1.54) is 16.8 Å². The van der Waals surface area contributed by atoms with E-state index in [-0.39, 0.29) is 38.0 Å². The molecule has 0 saturated carbocycles. The molecule has 1 aliphatic rings. The molecular weight excluding hydrogens is 240 g/mol. The van der Waals surface area contributed by atoms with E-state index in [1.54, 1.807) is 0 Å². The summed E-state index contributed by atoms with van der Waals surface area (Å²) in [5, 5.41) is 35.4. The summed E-state index contributed by atoms with van der Waals surface area (Å²) in [6, 6.07) is -0.517. The highest BCUT2D eigenvalue weighted by Gasteiger charge is 2.35. The largest absolute Gasteiger partial charge is 0.394 e. The molecule has 1 amide bonds. The van der Waals surface area contributed by atoms with E-state index in [2.05, 4.69) is 0 Å². The van der Waals surface area contributed by atoms with Crippen molar-refractivity contribution in [2.24, 2.45) is 5.73 Å². The molecule has 1 heterocycles. The maximum atomic E-state index is 12.0. The average molecular weight is 260 g/mol. The van der Waals surface area contributed by atoms with Crippen LogP contribution < -0.4 is 5.73 Å². The summed E-state index contributed by atoms with van der Waals surface area (Å²) < 4.78 is 0. The van der Waals surface area contributed by atoms with E-state index < -0.39 is 18.2 Å². The summed E-state index contributed by atoms with van der Waals surface area (Å²) in [4.78, 5) is 14.5. The Kier molecular flexibility index (Phi) is 4.88. The van der Waals surface area contributed by atoms with Gasteiger partial charge in [-0.25, -0.2) is 0 Å². The number of aliphatic hydroxyl groups excluding tert-OH is 3. The Labute approximate surface area is 105 Å². The molecule has 0 aromatic heterocycles. The van der Waals surface area contributed by atoms with Crippen molar-refractivity contribution in [1.29, 1.82) is 5.41 Å². The van der Waals surface area contributed by atoms with Crippen LogP contribution in [0, 0.1) is 5.41 Å². The second-order valence-corrected chi connectivity index (χ2v) is 4.49. The Hall–Kier alpha value is -1.38. The summed E-state index contributed by atoms with van der Waals surface area (Å²) in [6.07, 6.45) is -1.82. The van der Waals surface area contributed by atoms with Gasteiger partial charge in [-0.3, -0.25) is 10.2 Å². The molecule has 0 bridgehead atoms. The average Bonchev–Trinajstić information content (AvgIpc) is 2.31. The van der Waals surface area contributed by atoms with Gasteiger partial charge in [-0.15, -0.1) is 0 Å². The molecule has 18 heavy (non-hydrogen) atoms. The molecule has 0 radical (unpaired) electrons. The Balaban J connectivity index is 2.67. The maximum Gasteiger partial charge on any atom is 0.242 e. The molecule has 3 atom stereocenters. The zero-order valence-corrected chi connectivity index (χ0v) is 10.3. The van der Waals surface area contributed by atoms with Gasteiger partial charge in [-0.05, 0) is 6.42 Å². The van der Waals surface area contributed by atoms with Crippen LogP contribution in [0.15, 0.2) is 0 Å². The standard InChI is InChI=1S/C10H20N4O4/c1-13(10(11)12)4-9(18)14-3-8(17)7(16)2-6(14)5-15/h6-8,15-17H,2-5H2,1H3,(H3,11,12)/t6?,7-,8?/m0/s1. The topological polar surface area (TPSA) is 134 Å². The number of β-amino-alcohol motifs (C(OH)–C–C–N with tert-alkyl or cyclic N) is 1. The van der Waals surface area contributed by atoms with Crippen LogP contribution in [0.5, 0.6) is 0 Å². The van der Waals surface area contributed by atoms with Crippen molar-refractivity contribution < 1.29 is 20.1 Å². The number of hydrogen-bond donors (Lipinski definition) is 5. The summed E-state index contributed by atoms with van der Waals surface area (Å²) in [7, 11) is 1.50. The molecule has 1 aliphatic heterocycles. The fourth-order valence-electron chi connectivity index (χ4n) is 1.89. The lowest BCUT2D eigenvalue weighted by atomic mass is 9.97. The third-order valence-corrected chi connectivity index (χ3v) is 3.10. The number of aliphatic hydroxyl groups is 3. The molecule has 2 unspecified atom stereocenters. The first-order valence-corrected chi connectivity index (χ1v) is 5.68. The number of carbonyl (C=O) groups is 1. The molecule has 0 aromatic rings. The monoisotopic (exact) mass is 260 g/mol. The van der Waals surface area contributed by atoms with Gasteiger partial charge in [-0.2, -0.15) is 0 Å². The minimum atomic E-state index is -1.01. The molecule has 1 fully saturated rings. The molecule has 1 rings (SSSR count). The molecule has 0 aromatic carbocycles. The van der Waals surface area contributed by atoms with Crippen LogP contribution in [0.25, 0.3) is 0 Å². The predicted molar refractivity (Wildman–Crippen MR) is 63.8 cm³/mol. The first-order valence-electron chi connectivity index (χ1n) is 5.68. The van der Waals surface area contributed by atoms with Gasteiger partial charge in [-0.1, -0.05) is 0 Å². The lowest BCUT2D eigenvalue weighted by molar-refractivity contribution is -0.144. The number of nitrogens with zero attached hydrogens (tertiary/aromatic N) is 2. The summed E-state index contributed by atoms with van der Waals surface area (Å²) in [5.41, 5.74) is 5.23. The molecule has 6 N–H and O–H groups in total. The smallest absolute Gasteiger partial charge is 0.242 e. The van der Waals surface area contributed by atoms with Crippen LogP contribution in [0.4, 0.5) is 0 Å². The molecule has 8 heteroatoms. The summed E-state index contributed by atoms with van der Waals surface area (Å²) >= 11 is 0. The van der Waals surface area contributed by atoms with Crippen LogP contribution in [-0.4, -0.2) is 82.0 Å². The van der Waals surface area contributed by atoms with Gasteiger partial charge >= 0.3 is 0 Å². The van der Waals surface area contributed by atoms with Crippen molar-refractivity contribution in [1.82, 2.24) is 9.80 Å². The summed E-state index contributed by atoms with van der Waals surface area (Å²) in [6.45, 7) is -0.412. The molecule has 8 nitrogen and oxygen atoms in total. The number of carbonyl (C=O) groups excluding carboxylic acids is 1. The lowest BCUT2D eigenvalue weighted by Crippen LogP contribution is -2.57. The third kappa shape index (κ3) is 3.31. The van der Waals surface area contributed by atoms with E-state index in [4.69, 9.17) is 11.1 Å². The Morgan fingerprint density at radius 3 is 2.61 bits per heavy atom. The van der Waals surface area contributed by atoms with Crippen molar-refractivity contribution in [3.63, 3.8) is 0 Å². The van der Waals surface area contributed by atoms with Crippen molar-refractivity contribution in [2.45, 2.75) is 24.7 Å². The highest BCUT2D eigenvalue weighted by atomic mass is 16.3. The minimum Gasteiger partial charge on any atom is -0.394 e. The van der Waals surface area contributed by atoms with Gasteiger partial charge < -0.3 is 30.9 Å². The number of amides is 1. The third-order valence-electron chi connectivity index (χ3n) is 3.10. The van der Waals surface area contributed by atoms with Gasteiger partial charge in [0, 0.05) is 13.6 Å². The molecular formula is C10H20N4O4. The second-order valence-electron chi connectivity index (χ2n) is 4.49.